The second-order valence-electron chi connectivity index (χ2n) is 3.41. The van der Waals surface area contributed by atoms with Crippen LogP contribution in [-0.2, 0) is 18.3 Å². The van der Waals surface area contributed by atoms with Gasteiger partial charge in [-0.25, -0.2) is 0 Å². The monoisotopic (exact) mass is 206 g/mol. The van der Waals surface area contributed by atoms with Gasteiger partial charge in [-0.2, -0.15) is 0 Å². The van der Waals surface area contributed by atoms with Crippen LogP contribution in [-0.4, -0.2) is 40.9 Å². The minimum Gasteiger partial charge on any atom is -0.396 e. The summed E-state index contributed by atoms with van der Waals surface area (Å²) >= 11 is 0. The second kappa shape index (κ2) is 4.06. The van der Waals surface area contributed by atoms with Crippen LogP contribution in [0.1, 0.15) is 13.8 Å². The van der Waals surface area contributed by atoms with Gasteiger partial charge in [-0.1, -0.05) is 0 Å². The van der Waals surface area contributed by atoms with Gasteiger partial charge in [0.05, 0.1) is 0 Å². The maximum atomic E-state index is 5.61. The summed E-state index contributed by atoms with van der Waals surface area (Å²) in [6.45, 7) is 5.92. The Kier molecular flexibility index (Phi) is 3.48. The third kappa shape index (κ3) is 2.51. The molecule has 0 bridgehead atoms. The molecule has 0 spiro atoms. The quantitative estimate of drug-likeness (QED) is 0.498. The van der Waals surface area contributed by atoms with Crippen LogP contribution in [0, 0.1) is 0 Å². The Bertz CT molecular complexity index is 172. The zero-order valence-electron chi connectivity index (χ0n) is 8.87. The molecule has 13 heavy (non-hydrogen) atoms. The van der Waals surface area contributed by atoms with Crippen LogP contribution in [0.3, 0.4) is 0 Å². The van der Waals surface area contributed by atoms with Gasteiger partial charge in [-0.3, -0.25) is 0 Å². The van der Waals surface area contributed by atoms with E-state index < -0.39 is 8.56 Å². The lowest BCUT2D eigenvalue weighted by Gasteiger charge is -2.28. The first-order chi connectivity index (χ1) is 6.03. The third-order valence-corrected chi connectivity index (χ3v) is 5.78. The van der Waals surface area contributed by atoms with Gasteiger partial charge in [0.15, 0.2) is 6.29 Å². The molecule has 0 saturated carbocycles. The Labute approximate surface area is 80.4 Å². The molecule has 0 aliphatic carbocycles. The molecule has 1 aliphatic heterocycles. The summed E-state index contributed by atoms with van der Waals surface area (Å²) in [6, 6.07) is 0. The lowest BCUT2D eigenvalue weighted by Crippen LogP contribution is -2.49. The fraction of sp³-hybridized carbons (Fsp3) is 1.00. The summed E-state index contributed by atoms with van der Waals surface area (Å²) in [5.74, 6) is 0. The molecular weight excluding hydrogens is 188 g/mol. The highest BCUT2D eigenvalue weighted by atomic mass is 28.4. The second-order valence-corrected chi connectivity index (χ2v) is 7.07. The fourth-order valence-electron chi connectivity index (χ4n) is 1.05. The Morgan fingerprint density at radius 1 is 1.31 bits per heavy atom. The van der Waals surface area contributed by atoms with Crippen LogP contribution in [0.25, 0.3) is 0 Å². The summed E-state index contributed by atoms with van der Waals surface area (Å²) < 4.78 is 21.5. The smallest absolute Gasteiger partial charge is 0.364 e. The van der Waals surface area contributed by atoms with Crippen molar-refractivity contribution in [1.29, 1.82) is 0 Å². The van der Waals surface area contributed by atoms with Gasteiger partial charge in [-0.15, -0.1) is 0 Å². The van der Waals surface area contributed by atoms with E-state index in [0.29, 0.717) is 0 Å². The van der Waals surface area contributed by atoms with E-state index in [2.05, 4.69) is 0 Å². The van der Waals surface area contributed by atoms with Crippen molar-refractivity contribution in [2.75, 3.05) is 14.2 Å². The molecule has 0 aromatic carbocycles. The normalized spacial score (nSPS) is 30.2. The first kappa shape index (κ1) is 11.1. The van der Waals surface area contributed by atoms with Gasteiger partial charge in [0.2, 0.25) is 0 Å². The van der Waals surface area contributed by atoms with Crippen molar-refractivity contribution in [1.82, 2.24) is 0 Å². The highest BCUT2D eigenvalue weighted by Gasteiger charge is 2.44. The molecule has 0 radical (unpaired) electrons. The molecule has 1 heterocycles. The minimum atomic E-state index is -2.16. The van der Waals surface area contributed by atoms with Crippen molar-refractivity contribution in [3.8, 4) is 0 Å². The molecular formula is C8H18O4Si. The molecule has 1 saturated heterocycles. The molecule has 0 aromatic heterocycles. The first-order valence-corrected chi connectivity index (χ1v) is 6.84. The van der Waals surface area contributed by atoms with Gasteiger partial charge >= 0.3 is 8.56 Å². The maximum absolute atomic E-state index is 5.61. The van der Waals surface area contributed by atoms with Crippen molar-refractivity contribution >= 4 is 8.56 Å². The highest BCUT2D eigenvalue weighted by Crippen LogP contribution is 2.26. The van der Waals surface area contributed by atoms with E-state index >= 15 is 0 Å². The SMILES string of the molecule is CO[Si](C)(OC)C(C)OC1OC1C. The van der Waals surface area contributed by atoms with Crippen molar-refractivity contribution < 1.29 is 18.3 Å². The summed E-state index contributed by atoms with van der Waals surface area (Å²) in [7, 11) is 1.16. The van der Waals surface area contributed by atoms with E-state index in [1.54, 1.807) is 14.2 Å². The highest BCUT2D eigenvalue weighted by molar-refractivity contribution is 6.67. The van der Waals surface area contributed by atoms with Crippen molar-refractivity contribution in [3.05, 3.63) is 0 Å². The Morgan fingerprint density at radius 2 is 1.77 bits per heavy atom. The molecule has 0 amide bonds. The average molecular weight is 206 g/mol. The standard InChI is InChI=1S/C8H18O4Si/c1-6-8(11-6)12-7(2)13(5,9-3)10-4/h6-8H,1-5H3. The number of ether oxygens (including phenoxy) is 2. The van der Waals surface area contributed by atoms with Crippen molar-refractivity contribution in [3.63, 3.8) is 0 Å². The van der Waals surface area contributed by atoms with E-state index in [1.165, 1.54) is 0 Å². The predicted octanol–water partition coefficient (Wildman–Crippen LogP) is 1.04. The number of epoxide rings is 1. The summed E-state index contributed by atoms with van der Waals surface area (Å²) in [5.41, 5.74) is -0.0163. The molecule has 0 N–H and O–H groups in total. The maximum Gasteiger partial charge on any atom is 0.364 e. The Morgan fingerprint density at radius 3 is 2.08 bits per heavy atom. The Hall–Kier alpha value is 0.0569. The lowest BCUT2D eigenvalue weighted by molar-refractivity contribution is 0.00932. The van der Waals surface area contributed by atoms with E-state index in [1.807, 2.05) is 20.4 Å². The molecule has 5 heteroatoms. The average Bonchev–Trinajstić information content (AvgIpc) is 2.80. The zero-order chi connectivity index (χ0) is 10.1. The van der Waals surface area contributed by atoms with Gasteiger partial charge in [0.1, 0.15) is 11.8 Å². The summed E-state index contributed by atoms with van der Waals surface area (Å²) in [5, 5.41) is 0. The van der Waals surface area contributed by atoms with Crippen molar-refractivity contribution in [2.24, 2.45) is 0 Å². The van der Waals surface area contributed by atoms with Gasteiger partial charge < -0.3 is 18.3 Å². The van der Waals surface area contributed by atoms with Crippen LogP contribution in [0.5, 0.6) is 0 Å². The molecule has 0 aromatic rings. The molecule has 3 atom stereocenters. The van der Waals surface area contributed by atoms with Crippen LogP contribution in [0.4, 0.5) is 0 Å². The van der Waals surface area contributed by atoms with Gasteiger partial charge in [0, 0.05) is 14.2 Å². The topological polar surface area (TPSA) is 40.2 Å². The molecule has 78 valence electrons. The molecule has 1 aliphatic rings. The first-order valence-electron chi connectivity index (χ1n) is 4.44. The van der Waals surface area contributed by atoms with Gasteiger partial charge in [-0.05, 0) is 20.4 Å². The number of hydrogen-bond acceptors (Lipinski definition) is 4. The van der Waals surface area contributed by atoms with Gasteiger partial charge in [0.25, 0.3) is 0 Å². The van der Waals surface area contributed by atoms with E-state index in [-0.39, 0.29) is 18.1 Å². The van der Waals surface area contributed by atoms with E-state index in [0.717, 1.165) is 0 Å². The molecule has 3 unspecified atom stereocenters. The number of hydrogen-bond donors (Lipinski definition) is 0. The lowest BCUT2D eigenvalue weighted by atomic mass is 10.5. The minimum absolute atomic E-state index is 0.0163. The van der Waals surface area contributed by atoms with E-state index in [9.17, 15) is 0 Å². The third-order valence-electron chi connectivity index (χ3n) is 2.54. The summed E-state index contributed by atoms with van der Waals surface area (Å²) in [4.78, 5) is 0. The largest absolute Gasteiger partial charge is 0.396 e. The van der Waals surface area contributed by atoms with Crippen LogP contribution in [0.2, 0.25) is 6.55 Å². The van der Waals surface area contributed by atoms with Crippen LogP contribution >= 0.6 is 0 Å². The predicted molar refractivity (Wildman–Crippen MR) is 50.5 cm³/mol. The van der Waals surface area contributed by atoms with E-state index in [4.69, 9.17) is 18.3 Å². The Balaban J connectivity index is 2.39. The van der Waals surface area contributed by atoms with Crippen LogP contribution < -0.4 is 0 Å². The molecule has 4 nitrogen and oxygen atoms in total. The van der Waals surface area contributed by atoms with Crippen LogP contribution in [0.15, 0.2) is 0 Å². The summed E-state index contributed by atoms with van der Waals surface area (Å²) in [6.07, 6.45) is 0.154. The zero-order valence-corrected chi connectivity index (χ0v) is 9.87. The number of rotatable bonds is 5. The molecule has 1 rings (SSSR count). The van der Waals surface area contributed by atoms with Crippen molar-refractivity contribution in [2.45, 2.75) is 38.5 Å². The molecule has 1 fully saturated rings. The fourth-order valence-corrected chi connectivity index (χ4v) is 2.26.